The smallest absolute Gasteiger partial charge is 0.0631 e. The van der Waals surface area contributed by atoms with E-state index in [1.165, 1.54) is 12.8 Å². The molecule has 0 unspecified atom stereocenters. The third-order valence-electron chi connectivity index (χ3n) is 1.41. The Morgan fingerprint density at radius 1 is 1.50 bits per heavy atom. The monoisotopic (exact) mass is 136 g/mol. The van der Waals surface area contributed by atoms with Gasteiger partial charge in [-0.05, 0) is 25.0 Å². The normalized spacial score (nSPS) is 9.70. The van der Waals surface area contributed by atoms with E-state index in [2.05, 4.69) is 17.1 Å². The van der Waals surface area contributed by atoms with Gasteiger partial charge in [-0.2, -0.15) is 10.2 Å². The molecule has 0 bridgehead atoms. The highest BCUT2D eigenvalue weighted by atomic mass is 15.1. The first-order valence-electron chi connectivity index (χ1n) is 3.70. The number of hydrogen-bond donors (Lipinski definition) is 0. The fourth-order valence-electron chi connectivity index (χ4n) is 0.825. The standard InChI is InChI=1S/C8H12N2/c1-2-3-5-8-6-4-7-9-10-8/h4,6-7H,2-3,5H2,1H3. The molecule has 0 aliphatic carbocycles. The molecule has 0 fully saturated rings. The van der Waals surface area contributed by atoms with Gasteiger partial charge in [-0.3, -0.25) is 0 Å². The molecule has 0 radical (unpaired) electrons. The van der Waals surface area contributed by atoms with Crippen LogP contribution in [0.3, 0.4) is 0 Å². The van der Waals surface area contributed by atoms with Gasteiger partial charge in [0.15, 0.2) is 0 Å². The number of hydrogen-bond acceptors (Lipinski definition) is 2. The Labute approximate surface area is 61.3 Å². The summed E-state index contributed by atoms with van der Waals surface area (Å²) in [5, 5.41) is 7.75. The zero-order valence-corrected chi connectivity index (χ0v) is 6.25. The van der Waals surface area contributed by atoms with Crippen molar-refractivity contribution in [1.29, 1.82) is 0 Å². The van der Waals surface area contributed by atoms with E-state index < -0.39 is 0 Å². The van der Waals surface area contributed by atoms with Crippen LogP contribution in [0.4, 0.5) is 0 Å². The highest BCUT2D eigenvalue weighted by Crippen LogP contribution is 1.98. The van der Waals surface area contributed by atoms with Crippen molar-refractivity contribution in [3.8, 4) is 0 Å². The fourth-order valence-corrected chi connectivity index (χ4v) is 0.825. The molecule has 1 aromatic rings. The van der Waals surface area contributed by atoms with E-state index in [0.717, 1.165) is 12.1 Å². The molecular weight excluding hydrogens is 124 g/mol. The van der Waals surface area contributed by atoms with Crippen LogP contribution in [0.5, 0.6) is 0 Å². The summed E-state index contributed by atoms with van der Waals surface area (Å²) in [6.07, 6.45) is 5.19. The molecule has 0 amide bonds. The zero-order valence-electron chi connectivity index (χ0n) is 6.25. The Hall–Kier alpha value is -0.920. The predicted molar refractivity (Wildman–Crippen MR) is 40.6 cm³/mol. The molecule has 0 saturated heterocycles. The van der Waals surface area contributed by atoms with E-state index in [-0.39, 0.29) is 0 Å². The lowest BCUT2D eigenvalue weighted by molar-refractivity contribution is 0.759. The van der Waals surface area contributed by atoms with E-state index in [1.807, 2.05) is 12.1 Å². The van der Waals surface area contributed by atoms with Crippen LogP contribution in [-0.4, -0.2) is 10.2 Å². The van der Waals surface area contributed by atoms with Gasteiger partial charge in [0.25, 0.3) is 0 Å². The summed E-state index contributed by atoms with van der Waals surface area (Å²) in [7, 11) is 0. The molecule has 1 aromatic heterocycles. The first-order valence-corrected chi connectivity index (χ1v) is 3.70. The summed E-state index contributed by atoms with van der Waals surface area (Å²) in [5.41, 5.74) is 1.10. The number of unbranched alkanes of at least 4 members (excludes halogenated alkanes) is 1. The van der Waals surface area contributed by atoms with Crippen molar-refractivity contribution in [1.82, 2.24) is 10.2 Å². The van der Waals surface area contributed by atoms with Crippen LogP contribution in [-0.2, 0) is 6.42 Å². The SMILES string of the molecule is CCCCc1cccnn1. The maximum atomic E-state index is 3.97. The summed E-state index contributed by atoms with van der Waals surface area (Å²) < 4.78 is 0. The lowest BCUT2D eigenvalue weighted by atomic mass is 10.2. The van der Waals surface area contributed by atoms with Gasteiger partial charge in [0.1, 0.15) is 0 Å². The van der Waals surface area contributed by atoms with Crippen molar-refractivity contribution in [2.24, 2.45) is 0 Å². The molecule has 1 heterocycles. The number of nitrogens with zero attached hydrogens (tertiary/aromatic N) is 2. The van der Waals surface area contributed by atoms with Gasteiger partial charge in [-0.15, -0.1) is 0 Å². The zero-order chi connectivity index (χ0) is 7.23. The third kappa shape index (κ3) is 2.13. The van der Waals surface area contributed by atoms with E-state index in [1.54, 1.807) is 6.20 Å². The Morgan fingerprint density at radius 2 is 2.40 bits per heavy atom. The van der Waals surface area contributed by atoms with Crippen molar-refractivity contribution >= 4 is 0 Å². The second-order valence-electron chi connectivity index (χ2n) is 2.32. The van der Waals surface area contributed by atoms with E-state index in [9.17, 15) is 0 Å². The minimum absolute atomic E-state index is 1.06. The Kier molecular flexibility index (Phi) is 2.87. The van der Waals surface area contributed by atoms with Crippen molar-refractivity contribution in [3.05, 3.63) is 24.0 Å². The van der Waals surface area contributed by atoms with E-state index in [0.29, 0.717) is 0 Å². The van der Waals surface area contributed by atoms with Crippen molar-refractivity contribution in [3.63, 3.8) is 0 Å². The van der Waals surface area contributed by atoms with Gasteiger partial charge in [0.2, 0.25) is 0 Å². The van der Waals surface area contributed by atoms with Crippen LogP contribution in [0, 0.1) is 0 Å². The maximum absolute atomic E-state index is 3.97. The van der Waals surface area contributed by atoms with Crippen molar-refractivity contribution in [2.45, 2.75) is 26.2 Å². The van der Waals surface area contributed by atoms with Gasteiger partial charge in [-0.1, -0.05) is 13.3 Å². The van der Waals surface area contributed by atoms with Gasteiger partial charge in [0, 0.05) is 6.20 Å². The first-order chi connectivity index (χ1) is 4.93. The topological polar surface area (TPSA) is 25.8 Å². The van der Waals surface area contributed by atoms with Crippen LogP contribution >= 0.6 is 0 Å². The minimum Gasteiger partial charge on any atom is -0.159 e. The molecule has 0 spiro atoms. The van der Waals surface area contributed by atoms with Crippen LogP contribution in [0.15, 0.2) is 18.3 Å². The van der Waals surface area contributed by atoms with Gasteiger partial charge < -0.3 is 0 Å². The molecule has 1 rings (SSSR count). The Bertz CT molecular complexity index is 172. The molecule has 0 N–H and O–H groups in total. The van der Waals surface area contributed by atoms with Crippen molar-refractivity contribution < 1.29 is 0 Å². The fraction of sp³-hybridized carbons (Fsp3) is 0.500. The molecule has 0 aromatic carbocycles. The quantitative estimate of drug-likeness (QED) is 0.633. The summed E-state index contributed by atoms with van der Waals surface area (Å²) in [4.78, 5) is 0. The second-order valence-corrected chi connectivity index (χ2v) is 2.32. The average molecular weight is 136 g/mol. The lowest BCUT2D eigenvalue weighted by Crippen LogP contribution is -1.90. The predicted octanol–water partition coefficient (Wildman–Crippen LogP) is 1.82. The maximum Gasteiger partial charge on any atom is 0.0631 e. The molecule has 0 aliphatic rings. The molecule has 0 atom stereocenters. The summed E-state index contributed by atoms with van der Waals surface area (Å²) in [6.45, 7) is 2.18. The number of aryl methyl sites for hydroxylation is 1. The number of rotatable bonds is 3. The largest absolute Gasteiger partial charge is 0.159 e. The van der Waals surface area contributed by atoms with E-state index in [4.69, 9.17) is 0 Å². The first kappa shape index (κ1) is 7.19. The molecule has 0 saturated carbocycles. The molecule has 2 heteroatoms. The van der Waals surface area contributed by atoms with Crippen LogP contribution < -0.4 is 0 Å². The van der Waals surface area contributed by atoms with Gasteiger partial charge >= 0.3 is 0 Å². The van der Waals surface area contributed by atoms with Crippen LogP contribution in [0.1, 0.15) is 25.5 Å². The summed E-state index contributed by atoms with van der Waals surface area (Å²) in [5.74, 6) is 0. The molecule has 2 nitrogen and oxygen atoms in total. The summed E-state index contributed by atoms with van der Waals surface area (Å²) >= 11 is 0. The average Bonchev–Trinajstić information content (AvgIpc) is 2.03. The second kappa shape index (κ2) is 3.99. The molecule has 0 aliphatic heterocycles. The van der Waals surface area contributed by atoms with Crippen LogP contribution in [0.25, 0.3) is 0 Å². The molecular formula is C8H12N2. The van der Waals surface area contributed by atoms with Crippen molar-refractivity contribution in [2.75, 3.05) is 0 Å². The van der Waals surface area contributed by atoms with Gasteiger partial charge in [-0.25, -0.2) is 0 Å². The Morgan fingerprint density at radius 3 is 3.00 bits per heavy atom. The third-order valence-corrected chi connectivity index (χ3v) is 1.41. The molecule has 54 valence electrons. The Balaban J connectivity index is 2.43. The minimum atomic E-state index is 1.06. The van der Waals surface area contributed by atoms with Crippen LogP contribution in [0.2, 0.25) is 0 Å². The molecule has 10 heavy (non-hydrogen) atoms. The number of aromatic nitrogens is 2. The summed E-state index contributed by atoms with van der Waals surface area (Å²) in [6, 6.07) is 3.95. The van der Waals surface area contributed by atoms with E-state index >= 15 is 0 Å². The van der Waals surface area contributed by atoms with Gasteiger partial charge in [0.05, 0.1) is 5.69 Å². The highest BCUT2D eigenvalue weighted by Gasteiger charge is 1.90. The highest BCUT2D eigenvalue weighted by molar-refractivity contribution is 4.98. The lowest BCUT2D eigenvalue weighted by Gasteiger charge is -1.94.